The van der Waals surface area contributed by atoms with Crippen molar-refractivity contribution in [2.24, 2.45) is 0 Å². The lowest BCUT2D eigenvalue weighted by atomic mass is 10.1. The van der Waals surface area contributed by atoms with Gasteiger partial charge < -0.3 is 20.1 Å². The molecule has 0 unspecified atom stereocenters. The molecule has 0 saturated carbocycles. The molecule has 0 radical (unpaired) electrons. The van der Waals surface area contributed by atoms with E-state index < -0.39 is 44.8 Å². The summed E-state index contributed by atoms with van der Waals surface area (Å²) >= 11 is 0. The van der Waals surface area contributed by atoms with Gasteiger partial charge in [-0.15, -0.1) is 0 Å². The van der Waals surface area contributed by atoms with Crippen molar-refractivity contribution in [1.29, 1.82) is 0 Å². The Morgan fingerprint density at radius 3 is 1.24 bits per heavy atom. The second-order valence-electron chi connectivity index (χ2n) is 12.4. The highest BCUT2D eigenvalue weighted by atomic mass is 32.2. The van der Waals surface area contributed by atoms with Crippen molar-refractivity contribution in [2.45, 2.75) is 35.2 Å². The number of nitrogens with zero attached hydrogens (tertiary/aromatic N) is 2. The Morgan fingerprint density at radius 2 is 0.902 bits per heavy atom. The number of rotatable bonds is 10. The predicted molar refractivity (Wildman–Crippen MR) is 178 cm³/mol. The van der Waals surface area contributed by atoms with Gasteiger partial charge in [-0.25, -0.2) is 8.42 Å². The van der Waals surface area contributed by atoms with Crippen molar-refractivity contribution in [3.8, 4) is 23.0 Å². The Morgan fingerprint density at radius 1 is 0.549 bits per heavy atom. The van der Waals surface area contributed by atoms with Gasteiger partial charge in [0.05, 0.1) is 20.9 Å². The van der Waals surface area contributed by atoms with E-state index in [4.69, 9.17) is 9.47 Å². The first-order valence-electron chi connectivity index (χ1n) is 16.3. The highest BCUT2D eigenvalue weighted by Gasteiger charge is 2.36. The lowest BCUT2D eigenvalue weighted by Crippen LogP contribution is -2.42. The van der Waals surface area contributed by atoms with Crippen LogP contribution in [0.2, 0.25) is 0 Å². The van der Waals surface area contributed by atoms with Crippen LogP contribution in [-0.2, 0) is 35.3 Å². The third-order valence-corrected chi connectivity index (χ3v) is 10.4. The van der Waals surface area contributed by atoms with Crippen LogP contribution >= 0.6 is 0 Å². The zero-order valence-corrected chi connectivity index (χ0v) is 28.2. The van der Waals surface area contributed by atoms with Gasteiger partial charge in [-0.05, 0) is 83.9 Å². The number of piperazine rings is 2. The van der Waals surface area contributed by atoms with E-state index in [-0.39, 0.29) is 21.3 Å². The Hall–Kier alpha value is -4.15. The number of nitrogens with one attached hydrogen (secondary N) is 2. The molecule has 0 aliphatic carbocycles. The third-order valence-electron chi connectivity index (χ3n) is 8.66. The first kappa shape index (κ1) is 36.6. The lowest BCUT2D eigenvalue weighted by Gasteiger charge is -2.27. The SMILES string of the molecule is O=S(=O)(c1ccc(Oc2cc(CN3CCNCC3)ccc2C(F)(F)F)cc1)c1ccc(Oc2cc(CN3CCNCC3)ccc2C(F)(F)F)cc1. The van der Waals surface area contributed by atoms with E-state index >= 15 is 0 Å². The Bertz CT molecular complexity index is 1780. The van der Waals surface area contributed by atoms with Gasteiger partial charge in [-0.2, -0.15) is 26.3 Å². The van der Waals surface area contributed by atoms with Gasteiger partial charge >= 0.3 is 12.4 Å². The minimum absolute atomic E-state index is 0.00201. The van der Waals surface area contributed by atoms with Crippen LogP contribution in [-0.4, -0.2) is 70.6 Å². The molecule has 272 valence electrons. The van der Waals surface area contributed by atoms with E-state index in [1.165, 1.54) is 72.8 Å². The molecule has 4 aromatic carbocycles. The number of ether oxygens (including phenoxy) is 2. The number of alkyl halides is 6. The molecule has 2 aliphatic heterocycles. The third kappa shape index (κ3) is 9.21. The van der Waals surface area contributed by atoms with Crippen molar-refractivity contribution in [1.82, 2.24) is 20.4 Å². The predicted octanol–water partition coefficient (Wildman–Crippen LogP) is 6.95. The van der Waals surface area contributed by atoms with E-state index in [9.17, 15) is 34.8 Å². The molecule has 2 aliphatic rings. The van der Waals surface area contributed by atoms with Crippen LogP contribution in [0.25, 0.3) is 0 Å². The van der Waals surface area contributed by atoms with E-state index in [0.29, 0.717) is 24.2 Å². The molecule has 2 saturated heterocycles. The molecule has 0 aromatic heterocycles. The summed E-state index contributed by atoms with van der Waals surface area (Å²) in [6.45, 7) is 7.06. The number of benzene rings is 4. The molecule has 2 N–H and O–H groups in total. The van der Waals surface area contributed by atoms with E-state index in [2.05, 4.69) is 20.4 Å². The fourth-order valence-electron chi connectivity index (χ4n) is 5.99. The summed E-state index contributed by atoms with van der Waals surface area (Å²) in [6, 6.07) is 17.4. The molecule has 0 spiro atoms. The fourth-order valence-corrected chi connectivity index (χ4v) is 7.25. The molecule has 4 aromatic rings. The number of hydrogen-bond acceptors (Lipinski definition) is 8. The molecule has 0 atom stereocenters. The number of halogens is 6. The molecule has 51 heavy (non-hydrogen) atoms. The average Bonchev–Trinajstić information content (AvgIpc) is 3.09. The summed E-state index contributed by atoms with van der Waals surface area (Å²) in [5, 5.41) is 6.46. The van der Waals surface area contributed by atoms with Gasteiger partial charge in [-0.1, -0.05) is 12.1 Å². The molecule has 6 rings (SSSR count). The highest BCUT2D eigenvalue weighted by molar-refractivity contribution is 7.91. The van der Waals surface area contributed by atoms with Gasteiger partial charge in [0.1, 0.15) is 23.0 Å². The zero-order chi connectivity index (χ0) is 36.2. The molecule has 2 heterocycles. The molecule has 0 amide bonds. The average molecular weight is 735 g/mol. The van der Waals surface area contributed by atoms with Crippen molar-refractivity contribution >= 4 is 9.84 Å². The Labute approximate surface area is 291 Å². The summed E-state index contributed by atoms with van der Waals surface area (Å²) in [7, 11) is -4.12. The fraction of sp³-hybridized carbons (Fsp3) is 0.333. The number of sulfone groups is 1. The van der Waals surface area contributed by atoms with E-state index in [1.54, 1.807) is 0 Å². The van der Waals surface area contributed by atoms with Crippen molar-refractivity contribution in [3.05, 3.63) is 107 Å². The van der Waals surface area contributed by atoms with Gasteiger partial charge in [0, 0.05) is 65.4 Å². The lowest BCUT2D eigenvalue weighted by molar-refractivity contribution is -0.139. The summed E-state index contributed by atoms with van der Waals surface area (Å²) in [5.74, 6) is -0.793. The van der Waals surface area contributed by atoms with Crippen molar-refractivity contribution in [3.63, 3.8) is 0 Å². The second kappa shape index (κ2) is 15.2. The second-order valence-corrected chi connectivity index (χ2v) is 14.3. The van der Waals surface area contributed by atoms with Gasteiger partial charge in [0.2, 0.25) is 9.84 Å². The summed E-state index contributed by atoms with van der Waals surface area (Å²) < 4.78 is 121. The maximum absolute atomic E-state index is 13.8. The number of hydrogen-bond donors (Lipinski definition) is 2. The monoisotopic (exact) mass is 734 g/mol. The zero-order valence-electron chi connectivity index (χ0n) is 27.4. The van der Waals surface area contributed by atoms with Crippen LogP contribution < -0.4 is 20.1 Å². The highest BCUT2D eigenvalue weighted by Crippen LogP contribution is 2.41. The van der Waals surface area contributed by atoms with Crippen LogP contribution in [0.4, 0.5) is 26.3 Å². The minimum Gasteiger partial charge on any atom is -0.457 e. The van der Waals surface area contributed by atoms with Crippen molar-refractivity contribution < 1.29 is 44.2 Å². The van der Waals surface area contributed by atoms with Crippen LogP contribution in [0.5, 0.6) is 23.0 Å². The van der Waals surface area contributed by atoms with E-state index in [0.717, 1.165) is 64.5 Å². The molecular weight excluding hydrogens is 698 g/mol. The van der Waals surface area contributed by atoms with Gasteiger partial charge in [0.15, 0.2) is 0 Å². The van der Waals surface area contributed by atoms with Crippen LogP contribution in [0.15, 0.2) is 94.7 Å². The Kier molecular flexibility index (Phi) is 10.9. The van der Waals surface area contributed by atoms with Gasteiger partial charge in [0.25, 0.3) is 0 Å². The summed E-state index contributed by atoms with van der Waals surface area (Å²) in [6.07, 6.45) is -9.35. The first-order valence-corrected chi connectivity index (χ1v) is 17.8. The topological polar surface area (TPSA) is 83.1 Å². The first-order chi connectivity index (χ1) is 24.3. The largest absolute Gasteiger partial charge is 0.457 e. The molecule has 15 heteroatoms. The van der Waals surface area contributed by atoms with E-state index in [1.807, 2.05) is 0 Å². The van der Waals surface area contributed by atoms with Crippen LogP contribution in [0.3, 0.4) is 0 Å². The smallest absolute Gasteiger partial charge is 0.419 e. The van der Waals surface area contributed by atoms with Crippen LogP contribution in [0, 0.1) is 0 Å². The normalized spacial score (nSPS) is 16.6. The molecule has 8 nitrogen and oxygen atoms in total. The van der Waals surface area contributed by atoms with Crippen LogP contribution in [0.1, 0.15) is 22.3 Å². The maximum Gasteiger partial charge on any atom is 0.419 e. The standard InChI is InChI=1S/C36H36F6N4O4S/c37-35(38,39)31-11-1-25(23-45-17-13-43-14-18-45)21-33(31)49-27-3-7-29(8-4-27)51(47,48)30-9-5-28(6-10-30)50-34-22-26(2-12-32(34)36(40,41)42)24-46-19-15-44-16-20-46/h1-12,21-22,43-44H,13-20,23-24H2. The van der Waals surface area contributed by atoms with Crippen molar-refractivity contribution in [2.75, 3.05) is 52.4 Å². The van der Waals surface area contributed by atoms with Gasteiger partial charge in [-0.3, -0.25) is 9.80 Å². The quantitative estimate of drug-likeness (QED) is 0.170. The summed E-state index contributed by atoms with van der Waals surface area (Å²) in [5.41, 5.74) is -0.633. The molecule has 0 bridgehead atoms. The maximum atomic E-state index is 13.8. The molecular formula is C36H36F6N4O4S. The summed E-state index contributed by atoms with van der Waals surface area (Å²) in [4.78, 5) is 3.92. The minimum atomic E-state index is -4.68. The molecule has 2 fully saturated rings. The Balaban J connectivity index is 1.17.